The number of hydrogen-bond donors (Lipinski definition) is 1. The summed E-state index contributed by atoms with van der Waals surface area (Å²) in [7, 11) is 0. The number of pyridine rings is 1. The largest absolute Gasteiger partial charge is 0.310 e. The Kier molecular flexibility index (Phi) is 2.58. The lowest BCUT2D eigenvalue weighted by molar-refractivity contribution is 0.917. The minimum atomic E-state index is -0.110. The van der Waals surface area contributed by atoms with E-state index in [9.17, 15) is 4.79 Å². The first-order valence-electron chi connectivity index (χ1n) is 4.70. The Bertz CT molecular complexity index is 505. The molecule has 4 heteroatoms. The summed E-state index contributed by atoms with van der Waals surface area (Å²) in [6, 6.07) is 5.30. The molecule has 0 atom stereocenters. The summed E-state index contributed by atoms with van der Waals surface area (Å²) in [6.07, 6.45) is 4.09. The Morgan fingerprint density at radius 3 is 3.00 bits per heavy atom. The highest BCUT2D eigenvalue weighted by Crippen LogP contribution is 2.02. The highest BCUT2D eigenvalue weighted by Gasteiger charge is 1.99. The Morgan fingerprint density at radius 1 is 1.47 bits per heavy atom. The first-order valence-corrected chi connectivity index (χ1v) is 4.70. The van der Waals surface area contributed by atoms with Crippen LogP contribution in [0, 0.1) is 6.92 Å². The van der Waals surface area contributed by atoms with Gasteiger partial charge in [0.2, 0.25) is 0 Å². The fourth-order valence-electron chi connectivity index (χ4n) is 1.42. The van der Waals surface area contributed by atoms with Gasteiger partial charge in [0.1, 0.15) is 5.82 Å². The van der Waals surface area contributed by atoms with Gasteiger partial charge in [-0.25, -0.2) is 4.98 Å². The Hall–Kier alpha value is -1.97. The Morgan fingerprint density at radius 2 is 2.33 bits per heavy atom. The summed E-state index contributed by atoms with van der Waals surface area (Å²) in [4.78, 5) is 22.1. The minimum absolute atomic E-state index is 0.110. The van der Waals surface area contributed by atoms with Crippen molar-refractivity contribution in [2.45, 2.75) is 13.3 Å². The molecule has 0 amide bonds. The maximum absolute atomic E-state index is 11.2. The molecule has 0 aromatic carbocycles. The number of aryl methyl sites for hydroxylation is 1. The zero-order valence-corrected chi connectivity index (χ0v) is 8.40. The smallest absolute Gasteiger partial charge is 0.251 e. The molecule has 0 saturated heterocycles. The van der Waals surface area contributed by atoms with Crippen LogP contribution in [0.1, 0.15) is 17.1 Å². The fourth-order valence-corrected chi connectivity index (χ4v) is 1.42. The van der Waals surface area contributed by atoms with E-state index < -0.39 is 0 Å². The standard InChI is InChI=1S/C11H11N3O/c1-8-5-11(15)14-10(13-8)6-9-3-2-4-12-7-9/h2-5,7H,6H2,1H3,(H,13,14,15). The van der Waals surface area contributed by atoms with Crippen LogP contribution in [-0.2, 0) is 6.42 Å². The highest BCUT2D eigenvalue weighted by molar-refractivity contribution is 5.14. The molecule has 0 fully saturated rings. The van der Waals surface area contributed by atoms with Crippen molar-refractivity contribution >= 4 is 0 Å². The minimum Gasteiger partial charge on any atom is -0.310 e. The van der Waals surface area contributed by atoms with Gasteiger partial charge >= 0.3 is 0 Å². The Labute approximate surface area is 87.0 Å². The molecule has 76 valence electrons. The first kappa shape index (κ1) is 9.58. The third-order valence-corrected chi connectivity index (χ3v) is 2.01. The van der Waals surface area contributed by atoms with Crippen molar-refractivity contribution in [2.75, 3.05) is 0 Å². The van der Waals surface area contributed by atoms with Crippen LogP contribution >= 0.6 is 0 Å². The van der Waals surface area contributed by atoms with E-state index in [4.69, 9.17) is 0 Å². The summed E-state index contributed by atoms with van der Waals surface area (Å²) in [6.45, 7) is 1.81. The van der Waals surface area contributed by atoms with Gasteiger partial charge in [0, 0.05) is 30.6 Å². The molecule has 0 aliphatic carbocycles. The van der Waals surface area contributed by atoms with Crippen LogP contribution in [-0.4, -0.2) is 15.0 Å². The van der Waals surface area contributed by atoms with Crippen molar-refractivity contribution < 1.29 is 0 Å². The normalized spacial score (nSPS) is 10.2. The molecule has 0 radical (unpaired) electrons. The maximum Gasteiger partial charge on any atom is 0.251 e. The maximum atomic E-state index is 11.2. The van der Waals surface area contributed by atoms with Gasteiger partial charge < -0.3 is 4.98 Å². The molecule has 2 rings (SSSR count). The van der Waals surface area contributed by atoms with Crippen LogP contribution in [0.2, 0.25) is 0 Å². The lowest BCUT2D eigenvalue weighted by Crippen LogP contribution is -2.11. The predicted octanol–water partition coefficient (Wildman–Crippen LogP) is 1.06. The number of aromatic amines is 1. The van der Waals surface area contributed by atoms with Gasteiger partial charge in [-0.15, -0.1) is 0 Å². The van der Waals surface area contributed by atoms with Crippen molar-refractivity contribution in [1.82, 2.24) is 15.0 Å². The number of nitrogens with one attached hydrogen (secondary N) is 1. The van der Waals surface area contributed by atoms with Gasteiger partial charge in [0.25, 0.3) is 5.56 Å². The third kappa shape index (κ3) is 2.49. The monoisotopic (exact) mass is 201 g/mol. The average molecular weight is 201 g/mol. The summed E-state index contributed by atoms with van der Waals surface area (Å²) >= 11 is 0. The van der Waals surface area contributed by atoms with E-state index in [1.54, 1.807) is 12.4 Å². The third-order valence-electron chi connectivity index (χ3n) is 2.01. The quantitative estimate of drug-likeness (QED) is 0.790. The lowest BCUT2D eigenvalue weighted by Gasteiger charge is -2.00. The molecule has 4 nitrogen and oxygen atoms in total. The van der Waals surface area contributed by atoms with Gasteiger partial charge in [0.05, 0.1) is 0 Å². The van der Waals surface area contributed by atoms with Crippen molar-refractivity contribution in [3.05, 3.63) is 58.0 Å². The number of aromatic nitrogens is 3. The summed E-state index contributed by atoms with van der Waals surface area (Å²) in [5.74, 6) is 0.674. The second-order valence-corrected chi connectivity index (χ2v) is 3.37. The Balaban J connectivity index is 2.29. The SMILES string of the molecule is Cc1cc(=O)[nH]c(Cc2cccnc2)n1. The molecule has 2 heterocycles. The molecular weight excluding hydrogens is 190 g/mol. The van der Waals surface area contributed by atoms with Gasteiger partial charge in [-0.2, -0.15) is 0 Å². The molecule has 2 aromatic rings. The summed E-state index contributed by atoms with van der Waals surface area (Å²) in [5.41, 5.74) is 1.66. The van der Waals surface area contributed by atoms with E-state index >= 15 is 0 Å². The van der Waals surface area contributed by atoms with Gasteiger partial charge in [-0.1, -0.05) is 6.07 Å². The molecule has 0 unspecified atom stereocenters. The van der Waals surface area contributed by atoms with Crippen LogP contribution < -0.4 is 5.56 Å². The zero-order chi connectivity index (χ0) is 10.7. The second-order valence-electron chi connectivity index (χ2n) is 3.37. The van der Waals surface area contributed by atoms with Crippen LogP contribution in [0.3, 0.4) is 0 Å². The van der Waals surface area contributed by atoms with E-state index in [1.165, 1.54) is 6.07 Å². The number of H-pyrrole nitrogens is 1. The van der Waals surface area contributed by atoms with Crippen LogP contribution in [0.15, 0.2) is 35.4 Å². The molecule has 0 spiro atoms. The van der Waals surface area contributed by atoms with Gasteiger partial charge in [-0.3, -0.25) is 9.78 Å². The first-order chi connectivity index (χ1) is 7.24. The number of hydrogen-bond acceptors (Lipinski definition) is 3. The van der Waals surface area contributed by atoms with E-state index in [0.29, 0.717) is 12.2 Å². The van der Waals surface area contributed by atoms with Gasteiger partial charge in [0.15, 0.2) is 0 Å². The van der Waals surface area contributed by atoms with Crippen molar-refractivity contribution in [3.8, 4) is 0 Å². The highest BCUT2D eigenvalue weighted by atomic mass is 16.1. The average Bonchev–Trinajstić information content (AvgIpc) is 2.17. The lowest BCUT2D eigenvalue weighted by atomic mass is 10.2. The van der Waals surface area contributed by atoms with Crippen molar-refractivity contribution in [1.29, 1.82) is 0 Å². The molecule has 1 N–H and O–H groups in total. The topological polar surface area (TPSA) is 58.6 Å². The zero-order valence-electron chi connectivity index (χ0n) is 8.40. The van der Waals surface area contributed by atoms with Gasteiger partial charge in [-0.05, 0) is 18.6 Å². The molecule has 0 aliphatic rings. The van der Waals surface area contributed by atoms with Crippen LogP contribution in [0.4, 0.5) is 0 Å². The second kappa shape index (κ2) is 4.04. The van der Waals surface area contributed by atoms with Crippen LogP contribution in [0.5, 0.6) is 0 Å². The molecule has 2 aromatic heterocycles. The summed E-state index contributed by atoms with van der Waals surface area (Å²) in [5, 5.41) is 0. The number of rotatable bonds is 2. The van der Waals surface area contributed by atoms with E-state index in [-0.39, 0.29) is 5.56 Å². The molecular formula is C11H11N3O. The van der Waals surface area contributed by atoms with E-state index in [1.807, 2.05) is 19.1 Å². The fraction of sp³-hybridized carbons (Fsp3) is 0.182. The number of nitrogens with zero attached hydrogens (tertiary/aromatic N) is 2. The van der Waals surface area contributed by atoms with E-state index in [2.05, 4.69) is 15.0 Å². The van der Waals surface area contributed by atoms with Crippen LogP contribution in [0.25, 0.3) is 0 Å². The van der Waals surface area contributed by atoms with E-state index in [0.717, 1.165) is 11.3 Å². The predicted molar refractivity (Wildman–Crippen MR) is 56.6 cm³/mol. The summed E-state index contributed by atoms with van der Waals surface area (Å²) < 4.78 is 0. The molecule has 0 aliphatic heterocycles. The van der Waals surface area contributed by atoms with Crippen molar-refractivity contribution in [3.63, 3.8) is 0 Å². The molecule has 0 bridgehead atoms. The molecule has 15 heavy (non-hydrogen) atoms. The van der Waals surface area contributed by atoms with Crippen molar-refractivity contribution in [2.24, 2.45) is 0 Å². The molecule has 0 saturated carbocycles.